The van der Waals surface area contributed by atoms with E-state index in [1.165, 1.54) is 17.2 Å². The van der Waals surface area contributed by atoms with Crippen LogP contribution in [0.2, 0.25) is 0 Å². The maximum absolute atomic E-state index is 14.0. The number of hydrogen-bond donors (Lipinski definition) is 2. The summed E-state index contributed by atoms with van der Waals surface area (Å²) in [6.07, 6.45) is 0. The molecule has 0 saturated heterocycles. The van der Waals surface area contributed by atoms with Gasteiger partial charge in [-0.25, -0.2) is 17.9 Å². The van der Waals surface area contributed by atoms with Crippen molar-refractivity contribution in [2.45, 2.75) is 4.90 Å². The van der Waals surface area contributed by atoms with Gasteiger partial charge in [-0.15, -0.1) is 24.8 Å². The van der Waals surface area contributed by atoms with Crippen molar-refractivity contribution in [3.63, 3.8) is 0 Å². The van der Waals surface area contributed by atoms with E-state index in [0.29, 0.717) is 13.1 Å². The molecule has 23 heavy (non-hydrogen) atoms. The molecule has 0 aromatic heterocycles. The molecule has 0 aliphatic carbocycles. The van der Waals surface area contributed by atoms with E-state index in [4.69, 9.17) is 5.14 Å². The number of amides is 1. The van der Waals surface area contributed by atoms with Crippen molar-refractivity contribution in [1.29, 1.82) is 0 Å². The minimum atomic E-state index is -3.98. The molecule has 6 nitrogen and oxygen atoms in total. The van der Waals surface area contributed by atoms with Crippen molar-refractivity contribution in [2.24, 2.45) is 5.14 Å². The third-order valence-corrected chi connectivity index (χ3v) is 4.64. The Kier molecular flexibility index (Phi) is 6.17. The number of nitrogens with zero attached hydrogens (tertiary/aromatic N) is 1. The van der Waals surface area contributed by atoms with Crippen molar-refractivity contribution in [3.05, 3.63) is 40.7 Å². The number of rotatable bonds is 2. The van der Waals surface area contributed by atoms with E-state index in [2.05, 4.69) is 5.32 Å². The first kappa shape index (κ1) is 19.9. The molecule has 2 aliphatic heterocycles. The molecule has 128 valence electrons. The molecular formula is C13H16Cl2FN3O3S. The van der Waals surface area contributed by atoms with Gasteiger partial charge in [0.2, 0.25) is 10.0 Å². The molecule has 0 radical (unpaired) electrons. The summed E-state index contributed by atoms with van der Waals surface area (Å²) in [5, 5.41) is 8.12. The van der Waals surface area contributed by atoms with Gasteiger partial charge in [0.05, 0.1) is 10.5 Å². The lowest BCUT2D eigenvalue weighted by molar-refractivity contribution is 0.0789. The van der Waals surface area contributed by atoms with E-state index in [-0.39, 0.29) is 35.3 Å². The number of nitrogens with two attached hydrogens (primary N) is 1. The Labute approximate surface area is 145 Å². The molecule has 1 aromatic carbocycles. The lowest BCUT2D eigenvalue weighted by Gasteiger charge is -2.18. The predicted octanol–water partition coefficient (Wildman–Crippen LogP) is 0.672. The first-order valence-electron chi connectivity index (χ1n) is 6.38. The Morgan fingerprint density at radius 3 is 2.22 bits per heavy atom. The molecule has 0 fully saturated rings. The van der Waals surface area contributed by atoms with Gasteiger partial charge in [-0.05, 0) is 29.3 Å². The average Bonchev–Trinajstić information content (AvgIpc) is 2.97. The molecule has 0 unspecified atom stereocenters. The third kappa shape index (κ3) is 3.84. The fourth-order valence-corrected chi connectivity index (χ4v) is 3.15. The van der Waals surface area contributed by atoms with Crippen LogP contribution in [0.1, 0.15) is 10.4 Å². The number of hydrogen-bond acceptors (Lipinski definition) is 4. The van der Waals surface area contributed by atoms with Crippen LogP contribution in [-0.2, 0) is 10.0 Å². The van der Waals surface area contributed by atoms with Crippen molar-refractivity contribution in [1.82, 2.24) is 10.2 Å². The van der Waals surface area contributed by atoms with Crippen molar-refractivity contribution >= 4 is 40.7 Å². The summed E-state index contributed by atoms with van der Waals surface area (Å²) >= 11 is 0. The van der Waals surface area contributed by atoms with Gasteiger partial charge in [0.25, 0.3) is 5.91 Å². The number of benzene rings is 1. The summed E-state index contributed by atoms with van der Waals surface area (Å²) in [4.78, 5) is 13.5. The van der Waals surface area contributed by atoms with Crippen molar-refractivity contribution in [3.8, 4) is 0 Å². The number of carbonyl (C=O) groups is 1. The Morgan fingerprint density at radius 2 is 1.74 bits per heavy atom. The van der Waals surface area contributed by atoms with E-state index in [0.717, 1.165) is 25.2 Å². The number of carbonyl (C=O) groups excluding carboxylic acids is 1. The SMILES string of the molecule is Cl.Cl.NS(=O)(=O)c1ccc(C(=O)N2CC3=C(CNC3)C2)c(F)c1. The second-order valence-corrected chi connectivity index (χ2v) is 6.72. The molecule has 0 bridgehead atoms. The minimum Gasteiger partial charge on any atom is -0.330 e. The summed E-state index contributed by atoms with van der Waals surface area (Å²) in [7, 11) is -3.98. The number of nitrogens with one attached hydrogen (secondary N) is 1. The average molecular weight is 384 g/mol. The van der Waals surface area contributed by atoms with Crippen LogP contribution in [-0.4, -0.2) is 45.4 Å². The third-order valence-electron chi connectivity index (χ3n) is 3.73. The summed E-state index contributed by atoms with van der Waals surface area (Å²) in [6, 6.07) is 3.09. The van der Waals surface area contributed by atoms with Crippen molar-refractivity contribution in [2.75, 3.05) is 26.2 Å². The van der Waals surface area contributed by atoms with Gasteiger partial charge in [0.1, 0.15) is 5.82 Å². The van der Waals surface area contributed by atoms with Crippen LogP contribution in [0.3, 0.4) is 0 Å². The number of halogens is 3. The zero-order valence-corrected chi connectivity index (χ0v) is 14.4. The molecule has 1 aromatic rings. The van der Waals surface area contributed by atoms with E-state index < -0.39 is 21.7 Å². The smallest absolute Gasteiger partial charge is 0.257 e. The molecular weight excluding hydrogens is 368 g/mol. The fourth-order valence-electron chi connectivity index (χ4n) is 2.63. The maximum Gasteiger partial charge on any atom is 0.257 e. The standard InChI is InChI=1S/C13H14FN3O3S.2ClH/c14-12-3-10(21(15,19)20)1-2-11(12)13(18)17-6-8-4-16-5-9(8)7-17;;/h1-3,16H,4-7H2,(H2,15,19,20);2*1H. The van der Waals surface area contributed by atoms with Gasteiger partial charge in [-0.3, -0.25) is 4.79 Å². The molecule has 2 heterocycles. The highest BCUT2D eigenvalue weighted by Crippen LogP contribution is 2.23. The number of primary sulfonamides is 1. The van der Waals surface area contributed by atoms with Gasteiger partial charge in [0.15, 0.2) is 0 Å². The zero-order chi connectivity index (χ0) is 15.2. The van der Waals surface area contributed by atoms with Gasteiger partial charge in [-0.1, -0.05) is 0 Å². The molecule has 1 amide bonds. The Balaban J connectivity index is 0.00000132. The maximum atomic E-state index is 14.0. The molecule has 2 aliphatic rings. The van der Waals surface area contributed by atoms with E-state index >= 15 is 0 Å². The highest BCUT2D eigenvalue weighted by atomic mass is 35.5. The topological polar surface area (TPSA) is 92.5 Å². The Morgan fingerprint density at radius 1 is 1.17 bits per heavy atom. The van der Waals surface area contributed by atoms with Gasteiger partial charge < -0.3 is 10.2 Å². The highest BCUT2D eigenvalue weighted by Gasteiger charge is 2.30. The minimum absolute atomic E-state index is 0. The highest BCUT2D eigenvalue weighted by molar-refractivity contribution is 7.89. The zero-order valence-electron chi connectivity index (χ0n) is 11.9. The van der Waals surface area contributed by atoms with Crippen LogP contribution < -0.4 is 10.5 Å². The first-order chi connectivity index (χ1) is 9.86. The fraction of sp³-hybridized carbons (Fsp3) is 0.308. The quantitative estimate of drug-likeness (QED) is 0.734. The van der Waals surface area contributed by atoms with E-state index in [1.807, 2.05) is 0 Å². The summed E-state index contributed by atoms with van der Waals surface area (Å²) in [5.74, 6) is -1.32. The molecule has 0 spiro atoms. The second kappa shape index (κ2) is 7.14. The van der Waals surface area contributed by atoms with Crippen molar-refractivity contribution < 1.29 is 17.6 Å². The summed E-state index contributed by atoms with van der Waals surface area (Å²) in [6.45, 7) is 2.48. The van der Waals surface area contributed by atoms with Gasteiger partial charge in [-0.2, -0.15) is 0 Å². The molecule has 3 rings (SSSR count). The van der Waals surface area contributed by atoms with Crippen LogP contribution in [0.4, 0.5) is 4.39 Å². The normalized spacial score (nSPS) is 16.7. The largest absolute Gasteiger partial charge is 0.330 e. The van der Waals surface area contributed by atoms with Gasteiger partial charge in [0, 0.05) is 26.2 Å². The molecule has 0 atom stereocenters. The van der Waals surface area contributed by atoms with Crippen LogP contribution in [0.5, 0.6) is 0 Å². The van der Waals surface area contributed by atoms with E-state index in [9.17, 15) is 17.6 Å². The monoisotopic (exact) mass is 383 g/mol. The molecule has 10 heteroatoms. The van der Waals surface area contributed by atoms with Crippen LogP contribution >= 0.6 is 24.8 Å². The second-order valence-electron chi connectivity index (χ2n) is 5.16. The van der Waals surface area contributed by atoms with Crippen LogP contribution in [0.15, 0.2) is 34.2 Å². The van der Waals surface area contributed by atoms with E-state index in [1.54, 1.807) is 4.90 Å². The lowest BCUT2D eigenvalue weighted by atomic mass is 10.2. The molecule has 3 N–H and O–H groups in total. The Hall–Kier alpha value is -1.19. The van der Waals surface area contributed by atoms with Crippen LogP contribution in [0, 0.1) is 5.82 Å². The Bertz CT molecular complexity index is 752. The lowest BCUT2D eigenvalue weighted by Crippen LogP contribution is -2.33. The number of sulfonamides is 1. The van der Waals surface area contributed by atoms with Gasteiger partial charge >= 0.3 is 0 Å². The molecule has 0 saturated carbocycles. The summed E-state index contributed by atoms with van der Waals surface area (Å²) < 4.78 is 36.3. The van der Waals surface area contributed by atoms with Crippen LogP contribution in [0.25, 0.3) is 0 Å². The summed E-state index contributed by atoms with van der Waals surface area (Å²) in [5.41, 5.74) is 2.20. The predicted molar refractivity (Wildman–Crippen MR) is 88.1 cm³/mol. The first-order valence-corrected chi connectivity index (χ1v) is 7.93.